The molecule has 0 aliphatic carbocycles. The van der Waals surface area contributed by atoms with Gasteiger partial charge in [0.25, 0.3) is 0 Å². The number of hydrogen-bond donors (Lipinski definition) is 7. The van der Waals surface area contributed by atoms with Crippen molar-refractivity contribution in [1.29, 1.82) is 0 Å². The van der Waals surface area contributed by atoms with Crippen molar-refractivity contribution in [3.8, 4) is 0 Å². The van der Waals surface area contributed by atoms with E-state index in [1.807, 2.05) is 0 Å². The van der Waals surface area contributed by atoms with Crippen LogP contribution in [0.3, 0.4) is 0 Å². The SMILES string of the molecule is CC(N)C(=O)NC(CC(=O)O)C(=O)NC(CO)C(=O)NC(C(=O)O)C(C)C. The Labute approximate surface area is 155 Å². The quantitative estimate of drug-likeness (QED) is 0.191. The number of rotatable bonds is 11. The Morgan fingerprint density at radius 3 is 1.70 bits per heavy atom. The normalized spacial score (nSPS) is 15.2. The van der Waals surface area contributed by atoms with E-state index >= 15 is 0 Å². The predicted octanol–water partition coefficient (Wildman–Crippen LogP) is -3.00. The number of aliphatic hydroxyl groups is 1. The number of amides is 3. The minimum absolute atomic E-state index is 0.466. The van der Waals surface area contributed by atoms with E-state index in [0.29, 0.717) is 0 Å². The van der Waals surface area contributed by atoms with Crippen LogP contribution in [0.1, 0.15) is 27.2 Å². The molecule has 0 heterocycles. The molecule has 154 valence electrons. The van der Waals surface area contributed by atoms with E-state index in [1.54, 1.807) is 13.8 Å². The van der Waals surface area contributed by atoms with Gasteiger partial charge in [-0.15, -0.1) is 0 Å². The molecular weight excluding hydrogens is 364 g/mol. The lowest BCUT2D eigenvalue weighted by Crippen LogP contribution is -2.58. The number of carbonyl (C=O) groups is 5. The highest BCUT2D eigenvalue weighted by Crippen LogP contribution is 2.03. The maximum atomic E-state index is 12.2. The standard InChI is InChI=1S/C15H26N4O8/c1-6(2)11(15(26)27)19-14(25)9(5-20)18-13(24)8(4-10(21)22)17-12(23)7(3)16/h6-9,11,20H,4-5,16H2,1-3H3,(H,17,23)(H,18,24)(H,19,25)(H,21,22)(H,26,27). The Morgan fingerprint density at radius 1 is 0.852 bits per heavy atom. The number of aliphatic hydroxyl groups excluding tert-OH is 1. The molecule has 0 radical (unpaired) electrons. The molecule has 4 atom stereocenters. The summed E-state index contributed by atoms with van der Waals surface area (Å²) in [7, 11) is 0. The fourth-order valence-electron chi connectivity index (χ4n) is 1.92. The maximum Gasteiger partial charge on any atom is 0.326 e. The molecule has 0 saturated carbocycles. The highest BCUT2D eigenvalue weighted by molar-refractivity contribution is 5.95. The van der Waals surface area contributed by atoms with Gasteiger partial charge in [0.05, 0.1) is 19.1 Å². The van der Waals surface area contributed by atoms with Gasteiger partial charge in [-0.2, -0.15) is 0 Å². The molecule has 0 saturated heterocycles. The summed E-state index contributed by atoms with van der Waals surface area (Å²) in [5, 5.41) is 33.7. The zero-order valence-electron chi connectivity index (χ0n) is 15.3. The van der Waals surface area contributed by atoms with E-state index in [-0.39, 0.29) is 0 Å². The van der Waals surface area contributed by atoms with Gasteiger partial charge in [0.15, 0.2) is 0 Å². The van der Waals surface area contributed by atoms with Gasteiger partial charge in [-0.1, -0.05) is 13.8 Å². The van der Waals surface area contributed by atoms with Crippen molar-refractivity contribution in [2.45, 2.75) is 51.4 Å². The van der Waals surface area contributed by atoms with Gasteiger partial charge in [-0.3, -0.25) is 19.2 Å². The molecule has 0 aromatic rings. The Hall–Kier alpha value is -2.73. The van der Waals surface area contributed by atoms with Crippen LogP contribution in [0.2, 0.25) is 0 Å². The Morgan fingerprint density at radius 2 is 1.33 bits per heavy atom. The van der Waals surface area contributed by atoms with Gasteiger partial charge in [0.2, 0.25) is 17.7 Å². The Bertz CT molecular complexity index is 578. The Kier molecular flexibility index (Phi) is 9.96. The molecular formula is C15H26N4O8. The van der Waals surface area contributed by atoms with Gasteiger partial charge in [-0.05, 0) is 12.8 Å². The minimum atomic E-state index is -1.54. The summed E-state index contributed by atoms with van der Waals surface area (Å²) in [6, 6.07) is -5.34. The van der Waals surface area contributed by atoms with Crippen LogP contribution in [0.25, 0.3) is 0 Å². The molecule has 0 aromatic heterocycles. The first-order chi connectivity index (χ1) is 12.4. The predicted molar refractivity (Wildman–Crippen MR) is 91.3 cm³/mol. The van der Waals surface area contributed by atoms with Crippen molar-refractivity contribution in [3.05, 3.63) is 0 Å². The van der Waals surface area contributed by atoms with Gasteiger partial charge in [-0.25, -0.2) is 4.79 Å². The summed E-state index contributed by atoms with van der Waals surface area (Å²) in [6.07, 6.45) is -0.784. The summed E-state index contributed by atoms with van der Waals surface area (Å²) < 4.78 is 0. The number of carboxylic acids is 2. The van der Waals surface area contributed by atoms with Gasteiger partial charge >= 0.3 is 11.9 Å². The average Bonchev–Trinajstić information content (AvgIpc) is 2.54. The second-order valence-corrected chi connectivity index (χ2v) is 6.26. The fourth-order valence-corrected chi connectivity index (χ4v) is 1.92. The van der Waals surface area contributed by atoms with Crippen LogP contribution in [-0.2, 0) is 24.0 Å². The summed E-state index contributed by atoms with van der Waals surface area (Å²) in [5.41, 5.74) is 5.35. The van der Waals surface area contributed by atoms with E-state index in [0.717, 1.165) is 0 Å². The third-order valence-electron chi connectivity index (χ3n) is 3.47. The molecule has 0 fully saturated rings. The molecule has 0 bridgehead atoms. The van der Waals surface area contributed by atoms with Crippen LogP contribution in [0.5, 0.6) is 0 Å². The first kappa shape index (κ1) is 24.3. The van der Waals surface area contributed by atoms with Gasteiger partial charge in [0.1, 0.15) is 18.1 Å². The van der Waals surface area contributed by atoms with Crippen molar-refractivity contribution in [1.82, 2.24) is 16.0 Å². The highest BCUT2D eigenvalue weighted by atomic mass is 16.4. The molecule has 3 amide bonds. The summed E-state index contributed by atoms with van der Waals surface area (Å²) in [5.74, 6) is -5.96. The third-order valence-corrected chi connectivity index (χ3v) is 3.47. The Balaban J connectivity index is 5.17. The summed E-state index contributed by atoms with van der Waals surface area (Å²) >= 11 is 0. The van der Waals surface area contributed by atoms with Crippen molar-refractivity contribution in [2.24, 2.45) is 11.7 Å². The third kappa shape index (κ3) is 8.46. The zero-order valence-corrected chi connectivity index (χ0v) is 15.3. The fraction of sp³-hybridized carbons (Fsp3) is 0.667. The van der Waals surface area contributed by atoms with Crippen LogP contribution in [-0.4, -0.2) is 75.8 Å². The first-order valence-electron chi connectivity index (χ1n) is 8.12. The minimum Gasteiger partial charge on any atom is -0.481 e. The molecule has 0 rings (SSSR count). The number of nitrogens with one attached hydrogen (secondary N) is 3. The first-order valence-corrected chi connectivity index (χ1v) is 8.12. The van der Waals surface area contributed by atoms with Crippen LogP contribution >= 0.6 is 0 Å². The topological polar surface area (TPSA) is 208 Å². The van der Waals surface area contributed by atoms with Gasteiger partial charge in [0, 0.05) is 0 Å². The van der Waals surface area contributed by atoms with Crippen molar-refractivity contribution in [3.63, 3.8) is 0 Å². The van der Waals surface area contributed by atoms with Crippen LogP contribution < -0.4 is 21.7 Å². The molecule has 0 aliphatic heterocycles. The van der Waals surface area contributed by atoms with Crippen LogP contribution in [0, 0.1) is 5.92 Å². The lowest BCUT2D eigenvalue weighted by molar-refractivity contribution is -0.144. The van der Waals surface area contributed by atoms with E-state index < -0.39 is 72.8 Å². The second-order valence-electron chi connectivity index (χ2n) is 6.26. The van der Waals surface area contributed by atoms with Crippen LogP contribution in [0.4, 0.5) is 0 Å². The summed E-state index contributed by atoms with van der Waals surface area (Å²) in [4.78, 5) is 58.0. The molecule has 0 aliphatic rings. The van der Waals surface area contributed by atoms with Crippen LogP contribution in [0.15, 0.2) is 0 Å². The molecule has 8 N–H and O–H groups in total. The maximum absolute atomic E-state index is 12.2. The molecule has 12 nitrogen and oxygen atoms in total. The van der Waals surface area contributed by atoms with Crippen molar-refractivity contribution >= 4 is 29.7 Å². The lowest BCUT2D eigenvalue weighted by Gasteiger charge is -2.24. The van der Waals surface area contributed by atoms with Crippen molar-refractivity contribution < 1.29 is 39.3 Å². The smallest absolute Gasteiger partial charge is 0.326 e. The molecule has 12 heteroatoms. The lowest BCUT2D eigenvalue weighted by atomic mass is 10.0. The van der Waals surface area contributed by atoms with E-state index in [2.05, 4.69) is 16.0 Å². The van der Waals surface area contributed by atoms with E-state index in [1.165, 1.54) is 6.92 Å². The number of carboxylic acid groups (broad SMARTS) is 2. The van der Waals surface area contributed by atoms with Gasteiger partial charge < -0.3 is 37.0 Å². The zero-order chi connectivity index (χ0) is 21.3. The number of hydrogen-bond acceptors (Lipinski definition) is 7. The number of carbonyl (C=O) groups excluding carboxylic acids is 3. The van der Waals surface area contributed by atoms with E-state index in [9.17, 15) is 29.1 Å². The monoisotopic (exact) mass is 390 g/mol. The second kappa shape index (κ2) is 11.1. The molecule has 27 heavy (non-hydrogen) atoms. The van der Waals surface area contributed by atoms with E-state index in [4.69, 9.17) is 15.9 Å². The molecule has 4 unspecified atom stereocenters. The molecule has 0 aromatic carbocycles. The summed E-state index contributed by atoms with van der Waals surface area (Å²) in [6.45, 7) is 3.56. The highest BCUT2D eigenvalue weighted by Gasteiger charge is 2.31. The largest absolute Gasteiger partial charge is 0.481 e. The molecule has 0 spiro atoms. The number of nitrogens with two attached hydrogens (primary N) is 1. The van der Waals surface area contributed by atoms with Crippen molar-refractivity contribution in [2.75, 3.05) is 6.61 Å². The average molecular weight is 390 g/mol. The number of aliphatic carboxylic acids is 2.